The average Bonchev–Trinajstić information content (AvgIpc) is 2.87. The molecule has 2 aromatic rings. The lowest BCUT2D eigenvalue weighted by Gasteiger charge is -2.08. The van der Waals surface area contributed by atoms with Crippen LogP contribution in [-0.4, -0.2) is 26.2 Å². The lowest BCUT2D eigenvalue weighted by atomic mass is 10.3. The summed E-state index contributed by atoms with van der Waals surface area (Å²) in [5, 5.41) is 12.7. The van der Waals surface area contributed by atoms with Gasteiger partial charge in [-0.05, 0) is 13.8 Å². The van der Waals surface area contributed by atoms with Crippen molar-refractivity contribution in [3.8, 4) is 0 Å². The van der Waals surface area contributed by atoms with E-state index in [0.717, 1.165) is 0 Å². The number of aromatic amines is 1. The normalized spacial score (nSPS) is 12.4. The Kier molecular flexibility index (Phi) is 2.67. The van der Waals surface area contributed by atoms with E-state index in [4.69, 9.17) is 4.52 Å². The van der Waals surface area contributed by atoms with Gasteiger partial charge < -0.3 is 9.84 Å². The molecule has 2 rings (SSSR count). The molecule has 2 N–H and O–H groups in total. The first-order chi connectivity index (χ1) is 7.66. The van der Waals surface area contributed by atoms with E-state index in [9.17, 15) is 4.79 Å². The Labute approximate surface area is 91.2 Å². The molecule has 0 aliphatic heterocycles. The van der Waals surface area contributed by atoms with Crippen LogP contribution >= 0.6 is 0 Å². The highest BCUT2D eigenvalue weighted by Gasteiger charge is 2.16. The lowest BCUT2D eigenvalue weighted by Crippen LogP contribution is -2.27. The molecule has 0 aromatic carbocycles. The molecular weight excluding hydrogens is 210 g/mol. The maximum Gasteiger partial charge on any atom is 0.274 e. The van der Waals surface area contributed by atoms with Crippen molar-refractivity contribution >= 4 is 5.91 Å². The van der Waals surface area contributed by atoms with Crippen LogP contribution in [0.25, 0.3) is 0 Å². The number of nitrogens with one attached hydrogen (secondary N) is 2. The van der Waals surface area contributed by atoms with Crippen LogP contribution in [0.2, 0.25) is 0 Å². The number of nitrogens with zero attached hydrogens (tertiary/aromatic N) is 3. The van der Waals surface area contributed by atoms with Gasteiger partial charge >= 0.3 is 0 Å². The van der Waals surface area contributed by atoms with Crippen LogP contribution in [0.5, 0.6) is 0 Å². The summed E-state index contributed by atoms with van der Waals surface area (Å²) < 4.78 is 4.81. The minimum Gasteiger partial charge on any atom is -0.361 e. The van der Waals surface area contributed by atoms with Gasteiger partial charge in [0.1, 0.15) is 17.9 Å². The number of amides is 1. The van der Waals surface area contributed by atoms with Crippen molar-refractivity contribution in [1.82, 2.24) is 25.7 Å². The summed E-state index contributed by atoms with van der Waals surface area (Å²) >= 11 is 0. The largest absolute Gasteiger partial charge is 0.361 e. The average molecular weight is 221 g/mol. The third-order valence-corrected chi connectivity index (χ3v) is 2.05. The van der Waals surface area contributed by atoms with E-state index in [2.05, 4.69) is 25.7 Å². The molecule has 0 bridgehead atoms. The van der Waals surface area contributed by atoms with Crippen LogP contribution in [0.1, 0.15) is 35.0 Å². The van der Waals surface area contributed by atoms with E-state index in [1.54, 1.807) is 19.9 Å². The molecule has 7 nitrogen and oxygen atoms in total. The molecule has 0 fully saturated rings. The second-order valence-corrected chi connectivity index (χ2v) is 3.39. The molecule has 0 aliphatic carbocycles. The van der Waals surface area contributed by atoms with Crippen LogP contribution in [0.4, 0.5) is 0 Å². The summed E-state index contributed by atoms with van der Waals surface area (Å²) in [6, 6.07) is 1.31. The molecule has 0 radical (unpaired) electrons. The molecule has 0 saturated carbocycles. The highest BCUT2D eigenvalue weighted by Crippen LogP contribution is 2.07. The fourth-order valence-electron chi connectivity index (χ4n) is 1.24. The fourth-order valence-corrected chi connectivity index (χ4v) is 1.24. The van der Waals surface area contributed by atoms with Crippen molar-refractivity contribution in [1.29, 1.82) is 0 Å². The van der Waals surface area contributed by atoms with Crippen molar-refractivity contribution in [3.63, 3.8) is 0 Å². The Morgan fingerprint density at radius 2 is 2.44 bits per heavy atom. The highest BCUT2D eigenvalue weighted by atomic mass is 16.5. The summed E-state index contributed by atoms with van der Waals surface area (Å²) in [6.07, 6.45) is 1.39. The lowest BCUT2D eigenvalue weighted by molar-refractivity contribution is 0.0929. The molecule has 1 atom stereocenters. The molecule has 7 heteroatoms. The van der Waals surface area contributed by atoms with Gasteiger partial charge in [0.25, 0.3) is 5.91 Å². The topological polar surface area (TPSA) is 96.7 Å². The van der Waals surface area contributed by atoms with Gasteiger partial charge in [0.2, 0.25) is 0 Å². The molecule has 1 amide bonds. The number of carbonyl (C=O) groups is 1. The first-order valence-corrected chi connectivity index (χ1v) is 4.76. The number of aromatic nitrogens is 4. The Bertz CT molecular complexity index is 476. The van der Waals surface area contributed by atoms with Gasteiger partial charge in [-0.3, -0.25) is 9.89 Å². The van der Waals surface area contributed by atoms with Crippen molar-refractivity contribution in [2.45, 2.75) is 19.9 Å². The maximum atomic E-state index is 11.7. The molecule has 2 aromatic heterocycles. The Hall–Kier alpha value is -2.18. The Balaban J connectivity index is 2.03. The molecule has 84 valence electrons. The summed E-state index contributed by atoms with van der Waals surface area (Å²) in [5.41, 5.74) is 0.254. The van der Waals surface area contributed by atoms with Gasteiger partial charge in [0.15, 0.2) is 5.69 Å². The molecule has 0 aliphatic rings. The van der Waals surface area contributed by atoms with Crippen molar-refractivity contribution in [2.24, 2.45) is 0 Å². The Morgan fingerprint density at radius 3 is 3.00 bits per heavy atom. The van der Waals surface area contributed by atoms with Crippen LogP contribution in [0, 0.1) is 6.92 Å². The predicted octanol–water partition coefficient (Wildman–Crippen LogP) is 0.592. The number of rotatable bonds is 3. The zero-order valence-electron chi connectivity index (χ0n) is 8.89. The predicted molar refractivity (Wildman–Crippen MR) is 53.5 cm³/mol. The number of hydrogen-bond acceptors (Lipinski definition) is 5. The van der Waals surface area contributed by atoms with Crippen LogP contribution < -0.4 is 5.32 Å². The van der Waals surface area contributed by atoms with E-state index in [0.29, 0.717) is 11.6 Å². The summed E-state index contributed by atoms with van der Waals surface area (Å²) in [7, 11) is 0. The van der Waals surface area contributed by atoms with Gasteiger partial charge in [-0.15, -0.1) is 0 Å². The molecule has 0 saturated heterocycles. The zero-order chi connectivity index (χ0) is 11.5. The maximum absolute atomic E-state index is 11.7. The fraction of sp³-hybridized carbons (Fsp3) is 0.333. The Morgan fingerprint density at radius 1 is 1.62 bits per heavy atom. The van der Waals surface area contributed by atoms with Crippen molar-refractivity contribution in [2.75, 3.05) is 0 Å². The summed E-state index contributed by atoms with van der Waals surface area (Å²) in [4.78, 5) is 15.6. The second-order valence-electron chi connectivity index (χ2n) is 3.39. The quantitative estimate of drug-likeness (QED) is 0.790. The minimum atomic E-state index is -0.305. The zero-order valence-corrected chi connectivity index (χ0v) is 8.89. The van der Waals surface area contributed by atoms with Crippen LogP contribution in [0.15, 0.2) is 16.9 Å². The van der Waals surface area contributed by atoms with Crippen molar-refractivity contribution in [3.05, 3.63) is 29.7 Å². The molecular formula is C9H11N5O2. The summed E-state index contributed by atoms with van der Waals surface area (Å²) in [6.45, 7) is 3.52. The molecule has 1 unspecified atom stereocenters. The molecule has 16 heavy (non-hydrogen) atoms. The number of carbonyl (C=O) groups excluding carboxylic acids is 1. The number of aryl methyl sites for hydroxylation is 1. The van der Waals surface area contributed by atoms with E-state index < -0.39 is 0 Å². The highest BCUT2D eigenvalue weighted by molar-refractivity contribution is 5.92. The number of hydrogen-bond donors (Lipinski definition) is 2. The molecule has 0 spiro atoms. The van der Waals surface area contributed by atoms with E-state index in [1.165, 1.54) is 6.33 Å². The second kappa shape index (κ2) is 4.13. The van der Waals surface area contributed by atoms with Crippen molar-refractivity contribution < 1.29 is 9.32 Å². The van der Waals surface area contributed by atoms with Crippen LogP contribution in [-0.2, 0) is 0 Å². The third-order valence-electron chi connectivity index (χ3n) is 2.05. The van der Waals surface area contributed by atoms with E-state index >= 15 is 0 Å². The van der Waals surface area contributed by atoms with E-state index in [-0.39, 0.29) is 17.6 Å². The van der Waals surface area contributed by atoms with Gasteiger partial charge in [-0.25, -0.2) is 4.98 Å². The standard InChI is InChI=1S/C9H11N5O2/c1-5-3-7(14-16-5)9(15)12-6(2)8-10-4-11-13-8/h3-4,6H,1-2H3,(H,12,15)(H,10,11,13). The van der Waals surface area contributed by atoms with Gasteiger partial charge in [0.05, 0.1) is 6.04 Å². The SMILES string of the molecule is Cc1cc(C(=O)NC(C)c2ncn[nH]2)no1. The van der Waals surface area contributed by atoms with Crippen LogP contribution in [0.3, 0.4) is 0 Å². The van der Waals surface area contributed by atoms with Gasteiger partial charge in [0, 0.05) is 6.07 Å². The third kappa shape index (κ3) is 2.08. The first-order valence-electron chi connectivity index (χ1n) is 4.76. The van der Waals surface area contributed by atoms with E-state index in [1.807, 2.05) is 0 Å². The smallest absolute Gasteiger partial charge is 0.274 e. The monoisotopic (exact) mass is 221 g/mol. The van der Waals surface area contributed by atoms with Gasteiger partial charge in [-0.2, -0.15) is 5.10 Å². The minimum absolute atomic E-state index is 0.254. The van der Waals surface area contributed by atoms with Gasteiger partial charge in [-0.1, -0.05) is 5.16 Å². The summed E-state index contributed by atoms with van der Waals surface area (Å²) in [5.74, 6) is 0.881. The molecule has 2 heterocycles. The first kappa shape index (κ1) is 10.3. The number of H-pyrrole nitrogens is 1.